The van der Waals surface area contributed by atoms with Gasteiger partial charge in [-0.1, -0.05) is 269 Å². The number of esters is 5. The van der Waals surface area contributed by atoms with E-state index in [0.717, 1.165) is 0 Å². The molecule has 1 atom stereocenters. The Balaban J connectivity index is -0.000000169. The summed E-state index contributed by atoms with van der Waals surface area (Å²) in [6, 6.07) is 69.5. The lowest BCUT2D eigenvalue weighted by atomic mass is 10.2. The number of nitrogens with one attached hydrogen (secondary N) is 1. The number of amides is 2. The van der Waals surface area contributed by atoms with Crippen LogP contribution in [-0.4, -0.2) is 190 Å². The molecule has 1 unspecified atom stereocenters. The molecule has 8 rings (SSSR count). The van der Waals surface area contributed by atoms with Gasteiger partial charge < -0.3 is 78.9 Å². The summed E-state index contributed by atoms with van der Waals surface area (Å²) in [5.41, 5.74) is 8.77. The van der Waals surface area contributed by atoms with Crippen molar-refractivity contribution in [3.63, 3.8) is 0 Å². The van der Waals surface area contributed by atoms with Gasteiger partial charge in [0.05, 0.1) is 93.3 Å². The van der Waals surface area contributed by atoms with Crippen molar-refractivity contribution in [1.29, 1.82) is 0 Å². The van der Waals surface area contributed by atoms with Crippen LogP contribution in [-0.2, 0) is 56.7 Å². The Labute approximate surface area is 746 Å². The lowest BCUT2D eigenvalue weighted by Crippen LogP contribution is -2.26. The third kappa shape index (κ3) is 87.6. The first-order valence-electron chi connectivity index (χ1n) is 40.1. The van der Waals surface area contributed by atoms with Crippen molar-refractivity contribution >= 4 is 101 Å². The summed E-state index contributed by atoms with van der Waals surface area (Å²) in [6.45, 7) is 36.2. The maximum atomic E-state index is 11.5. The number of carboxylic acid groups (broad SMARTS) is 1. The highest BCUT2D eigenvalue weighted by Gasteiger charge is 2.11. The van der Waals surface area contributed by atoms with Crippen molar-refractivity contribution in [2.45, 2.75) is 137 Å². The number of hydrogen-bond donors (Lipinski definition) is 6. The Morgan fingerprint density at radius 1 is 0.382 bits per heavy atom. The molecule has 0 aromatic heterocycles. The summed E-state index contributed by atoms with van der Waals surface area (Å²) in [4.78, 5) is 109. The summed E-state index contributed by atoms with van der Waals surface area (Å²) in [5, 5.41) is 36.4. The van der Waals surface area contributed by atoms with Crippen LogP contribution in [0.25, 0.3) is 0 Å². The quantitative estimate of drug-likeness (QED) is 0.0110. The van der Waals surface area contributed by atoms with Crippen LogP contribution in [0.5, 0.6) is 0 Å². The Morgan fingerprint density at radius 3 is 0.902 bits per heavy atom. The molecule has 0 aliphatic heterocycles. The third-order valence-corrected chi connectivity index (χ3v) is 12.3. The normalized spacial score (nSPS) is 8.93. The SMILES string of the molecule is CC.CC.CC.CC.CC.CC.CC.CC.CC(=O)CCCOC(=O)c1ccccc1.COC(=O)c1ccccc1.COCCOCCOCCOC(=O)c1ccccc1.NC(=O)OCCOC(=O)c1ccccc1.O=C(Cl)c1ccccc1.O=C(NCCO)c1ccccc1.O=C(O)c1ccccc1.O=C(OCC(O)CO)c1ccccc1.O=S(Cl)Cl. The second-order valence-electron chi connectivity index (χ2n) is 20.2. The number of Topliss-reactive ketones (excluding diaryl/α,β-unsaturated/α-hetero) is 1. The molecule has 2 amide bonds. The smallest absolute Gasteiger partial charge is 0.404 e. The number of aromatic carboxylic acids is 1. The number of benzene rings is 8. The van der Waals surface area contributed by atoms with Gasteiger partial charge in [-0.3, -0.25) is 9.59 Å². The van der Waals surface area contributed by atoms with Gasteiger partial charge in [0.1, 0.15) is 38.3 Å². The fraction of sp³-hybridized carbons (Fsp3) is 0.376. The number of carbonyl (C=O) groups is 10. The first-order valence-corrected chi connectivity index (χ1v) is 43.3. The standard InChI is InChI=1S/C14H20O5.C12H14O3.C10H11NO4.C10H12O4.C9H11NO2.C8H8O2.C7H5ClO.C7H6O2.8C2H6.Cl2OS/c1-16-7-8-17-9-10-18-11-12-19-14(15)13-5-3-2-4-6-13;1-10(13)6-5-9-15-12(14)11-7-3-2-4-8-11;11-10(13)15-7-6-14-9(12)8-4-2-1-3-5-8;11-6-9(12)7-14-10(13)8-4-2-1-3-5-8;11-7-6-10-9(12)8-4-2-1-3-5-8;1-10-8(9)7-5-3-2-4-6-7;2*8-7(9)6-4-2-1-3-5-6;8*1-2;1-4(2)3/h2-6H,7-12H2,1H3;2-4,7-8H,5-6,9H2,1H3;1-5H,6-7H2,(H2,11,13);1-5,9,11-12H,6-7H2;1-5,11H,6-7H2,(H,10,12);2-6H,1H3;1-5H;1-5H,(H,8,9);8*1-2H3;. The van der Waals surface area contributed by atoms with E-state index < -0.39 is 51.2 Å². The molecule has 7 N–H and O–H groups in total. The van der Waals surface area contributed by atoms with E-state index in [2.05, 4.69) is 36.2 Å². The van der Waals surface area contributed by atoms with E-state index in [1.165, 1.54) is 14.0 Å². The van der Waals surface area contributed by atoms with Gasteiger partial charge in [0.15, 0.2) is 0 Å². The number of aliphatic hydroxyl groups is 3. The van der Waals surface area contributed by atoms with Crippen molar-refractivity contribution in [2.75, 3.05) is 100 Å². The van der Waals surface area contributed by atoms with Crippen LogP contribution in [0.1, 0.15) is 213 Å². The van der Waals surface area contributed by atoms with Crippen LogP contribution in [0.3, 0.4) is 0 Å². The van der Waals surface area contributed by atoms with E-state index in [1.54, 1.807) is 219 Å². The topological polar surface area (TPSA) is 390 Å². The van der Waals surface area contributed by atoms with E-state index >= 15 is 0 Å². The number of carbonyl (C=O) groups excluding carboxylic acids is 9. The largest absolute Gasteiger partial charge is 0.478 e. The van der Waals surface area contributed by atoms with Gasteiger partial charge in [-0.2, -0.15) is 0 Å². The van der Waals surface area contributed by atoms with Crippen LogP contribution in [0.15, 0.2) is 243 Å². The average molecular weight is 1800 g/mol. The first-order chi connectivity index (χ1) is 59.5. The van der Waals surface area contributed by atoms with E-state index in [9.17, 15) is 47.9 Å². The van der Waals surface area contributed by atoms with Crippen LogP contribution in [0.4, 0.5) is 4.79 Å². The Kier molecular flexibility index (Phi) is 110. The number of methoxy groups -OCH3 is 2. The number of halogens is 3. The summed E-state index contributed by atoms with van der Waals surface area (Å²) in [7, 11) is 10.4. The van der Waals surface area contributed by atoms with Crippen molar-refractivity contribution < 1.29 is 115 Å². The zero-order valence-corrected chi connectivity index (χ0v) is 77.9. The van der Waals surface area contributed by atoms with Crippen LogP contribution >= 0.6 is 33.0 Å². The number of ether oxygens (including phenoxy) is 9. The van der Waals surface area contributed by atoms with Gasteiger partial charge in [-0.25, -0.2) is 37.8 Å². The molecule has 0 bridgehead atoms. The van der Waals surface area contributed by atoms with Crippen molar-refractivity contribution in [3.05, 3.63) is 287 Å². The minimum absolute atomic E-state index is 0.00331. The Hall–Kier alpha value is -10.6. The highest BCUT2D eigenvalue weighted by molar-refractivity contribution is 8.26. The highest BCUT2D eigenvalue weighted by Crippen LogP contribution is 2.07. The predicted octanol–water partition coefficient (Wildman–Crippen LogP) is 19.5. The fourth-order valence-electron chi connectivity index (χ4n) is 6.98. The molecule has 0 saturated heterocycles. The molecule has 30 heteroatoms. The molecular weight excluding hydrogens is 1670 g/mol. The molecule has 0 fully saturated rings. The van der Waals surface area contributed by atoms with Crippen molar-refractivity contribution in [2.24, 2.45) is 5.73 Å². The predicted molar refractivity (Wildman–Crippen MR) is 493 cm³/mol. The molecule has 123 heavy (non-hydrogen) atoms. The van der Waals surface area contributed by atoms with E-state index in [1.807, 2.05) is 141 Å². The molecule has 0 aliphatic rings. The van der Waals surface area contributed by atoms with E-state index in [-0.39, 0.29) is 62.6 Å². The number of hydrogen-bond acceptors (Lipinski definition) is 23. The van der Waals surface area contributed by atoms with Gasteiger partial charge in [-0.05, 0) is 110 Å². The number of primary amides is 1. The fourth-order valence-corrected chi connectivity index (χ4v) is 7.10. The number of nitrogens with two attached hydrogens (primary N) is 1. The molecule has 0 heterocycles. The zero-order valence-electron chi connectivity index (χ0n) is 74.9. The van der Waals surface area contributed by atoms with E-state index in [4.69, 9.17) is 75.1 Å². The summed E-state index contributed by atoms with van der Waals surface area (Å²) >= 11 is 5.16. The van der Waals surface area contributed by atoms with E-state index in [0.29, 0.717) is 104 Å². The molecule has 0 spiro atoms. The summed E-state index contributed by atoms with van der Waals surface area (Å²) < 4.78 is 52.9. The van der Waals surface area contributed by atoms with Gasteiger partial charge in [-0.15, -0.1) is 0 Å². The zero-order chi connectivity index (χ0) is 95.5. The lowest BCUT2D eigenvalue weighted by Gasteiger charge is -2.07. The summed E-state index contributed by atoms with van der Waals surface area (Å²) in [5.74, 6) is -2.83. The molecule has 0 saturated carbocycles. The van der Waals surface area contributed by atoms with Gasteiger partial charge >= 0.3 is 41.9 Å². The second kappa shape index (κ2) is 104. The van der Waals surface area contributed by atoms with Crippen molar-refractivity contribution in [3.8, 4) is 0 Å². The van der Waals surface area contributed by atoms with Crippen LogP contribution in [0.2, 0.25) is 0 Å². The Morgan fingerprint density at radius 2 is 0.642 bits per heavy atom. The number of rotatable bonds is 29. The van der Waals surface area contributed by atoms with Crippen molar-refractivity contribution in [1.82, 2.24) is 5.32 Å². The molecule has 0 aliphatic carbocycles. The molecular formula is C93H135Cl3N2O24S. The van der Waals surface area contributed by atoms with Gasteiger partial charge in [0, 0.05) is 52.6 Å². The molecule has 0 radical (unpaired) electrons. The monoisotopic (exact) mass is 1800 g/mol. The minimum Gasteiger partial charge on any atom is -0.478 e. The maximum Gasteiger partial charge on any atom is 0.404 e. The maximum absolute atomic E-state index is 11.5. The molecule has 26 nitrogen and oxygen atoms in total. The summed E-state index contributed by atoms with van der Waals surface area (Å²) in [6.07, 6.45) is -0.843. The lowest BCUT2D eigenvalue weighted by molar-refractivity contribution is -0.117. The third-order valence-electron chi connectivity index (χ3n) is 12.0. The molecule has 8 aromatic rings. The molecule has 688 valence electrons. The Bertz CT molecular complexity index is 3600. The van der Waals surface area contributed by atoms with Crippen LogP contribution < -0.4 is 11.1 Å². The van der Waals surface area contributed by atoms with Gasteiger partial charge in [0.2, 0.25) is 9.23 Å². The number of ketones is 1. The molecule has 8 aromatic carbocycles. The number of carboxylic acids is 1. The first kappa shape index (κ1) is 131. The second-order valence-corrected chi connectivity index (χ2v) is 23.1. The highest BCUT2D eigenvalue weighted by atomic mass is 36.0. The van der Waals surface area contributed by atoms with Crippen LogP contribution in [0, 0.1) is 0 Å². The number of aliphatic hydroxyl groups excluding tert-OH is 3. The van der Waals surface area contributed by atoms with Gasteiger partial charge in [0.25, 0.3) is 11.1 Å². The average Bonchev–Trinajstić information content (AvgIpc) is 0.916. The minimum atomic E-state index is -1.67.